The first kappa shape index (κ1) is 12.3. The molecule has 1 saturated carbocycles. The summed E-state index contributed by atoms with van der Waals surface area (Å²) in [6.07, 6.45) is 1.00. The highest BCUT2D eigenvalue weighted by Crippen LogP contribution is 2.39. The molecule has 0 aliphatic heterocycles. The molecule has 0 bridgehead atoms. The second-order valence-corrected chi connectivity index (χ2v) is 7.77. The Morgan fingerprint density at radius 2 is 2.33 bits per heavy atom. The molecule has 1 aliphatic rings. The van der Waals surface area contributed by atoms with Gasteiger partial charge in [0, 0.05) is 11.3 Å². The van der Waals surface area contributed by atoms with Gasteiger partial charge in [-0.3, -0.25) is 4.79 Å². The molecule has 2 aromatic rings. The Morgan fingerprint density at radius 1 is 1.56 bits per heavy atom. The maximum Gasteiger partial charge on any atom is 0.229 e. The van der Waals surface area contributed by atoms with E-state index in [9.17, 15) is 4.79 Å². The van der Waals surface area contributed by atoms with Crippen LogP contribution in [0.5, 0.6) is 0 Å². The monoisotopic (exact) mass is 342 g/mol. The molecular weight excluding hydrogens is 332 g/mol. The van der Waals surface area contributed by atoms with Gasteiger partial charge in [0.2, 0.25) is 5.91 Å². The van der Waals surface area contributed by atoms with Crippen LogP contribution in [0.15, 0.2) is 21.3 Å². The van der Waals surface area contributed by atoms with E-state index in [-0.39, 0.29) is 11.8 Å². The summed E-state index contributed by atoms with van der Waals surface area (Å²) in [5.41, 5.74) is 0.926. The predicted molar refractivity (Wildman–Crippen MR) is 79.0 cm³/mol. The summed E-state index contributed by atoms with van der Waals surface area (Å²) < 4.78 is 1.09. The number of nitrogens with zero attached hydrogens (tertiary/aromatic N) is 1. The number of rotatable bonds is 3. The van der Waals surface area contributed by atoms with E-state index in [1.165, 1.54) is 11.3 Å². The molecule has 3 nitrogen and oxygen atoms in total. The van der Waals surface area contributed by atoms with Crippen molar-refractivity contribution < 1.29 is 4.79 Å². The van der Waals surface area contributed by atoms with Gasteiger partial charge < -0.3 is 5.32 Å². The van der Waals surface area contributed by atoms with Crippen molar-refractivity contribution in [1.82, 2.24) is 4.98 Å². The Kier molecular flexibility index (Phi) is 3.25. The molecule has 2 atom stereocenters. The van der Waals surface area contributed by atoms with Crippen molar-refractivity contribution in [3.63, 3.8) is 0 Å². The molecule has 2 aromatic heterocycles. The van der Waals surface area contributed by atoms with Crippen molar-refractivity contribution in [3.05, 3.63) is 21.3 Å². The van der Waals surface area contributed by atoms with Gasteiger partial charge in [-0.05, 0) is 40.4 Å². The van der Waals surface area contributed by atoms with E-state index in [0.29, 0.717) is 11.0 Å². The van der Waals surface area contributed by atoms with Crippen molar-refractivity contribution in [2.24, 2.45) is 11.8 Å². The molecule has 1 amide bonds. The number of hydrogen-bond acceptors (Lipinski definition) is 4. The quantitative estimate of drug-likeness (QED) is 0.906. The van der Waals surface area contributed by atoms with Gasteiger partial charge in [0.25, 0.3) is 0 Å². The molecule has 2 heterocycles. The predicted octanol–water partition coefficient (Wildman–Crippen LogP) is 4.23. The van der Waals surface area contributed by atoms with Gasteiger partial charge in [-0.15, -0.1) is 22.7 Å². The van der Waals surface area contributed by atoms with Gasteiger partial charge in [-0.2, -0.15) is 0 Å². The maximum atomic E-state index is 11.8. The Labute approximate surface area is 121 Å². The average molecular weight is 343 g/mol. The molecule has 1 fully saturated rings. The van der Waals surface area contributed by atoms with Crippen LogP contribution >= 0.6 is 38.6 Å². The van der Waals surface area contributed by atoms with E-state index in [4.69, 9.17) is 0 Å². The highest BCUT2D eigenvalue weighted by atomic mass is 79.9. The van der Waals surface area contributed by atoms with Crippen LogP contribution < -0.4 is 5.32 Å². The summed E-state index contributed by atoms with van der Waals surface area (Å²) in [6.45, 7) is 2.10. The minimum absolute atomic E-state index is 0.107. The standard InChI is InChI=1S/C12H11BrN2OS2/c1-6-4-7(6)11(16)15-12-14-8(5-17-12)9-2-3-10(13)18-9/h2-3,5-7H,4H2,1H3,(H,14,15,16)/t6-,7-/m0/s1. The van der Waals surface area contributed by atoms with Gasteiger partial charge >= 0.3 is 0 Å². The molecule has 18 heavy (non-hydrogen) atoms. The fraction of sp³-hybridized carbons (Fsp3) is 0.333. The normalized spacial score (nSPS) is 21.9. The molecule has 1 aliphatic carbocycles. The molecule has 3 rings (SSSR count). The first-order valence-corrected chi connectivity index (χ1v) is 8.14. The van der Waals surface area contributed by atoms with E-state index in [2.05, 4.69) is 33.2 Å². The highest BCUT2D eigenvalue weighted by molar-refractivity contribution is 9.11. The molecular formula is C12H11BrN2OS2. The number of carbonyl (C=O) groups excluding carboxylic acids is 1. The zero-order valence-electron chi connectivity index (χ0n) is 9.64. The topological polar surface area (TPSA) is 42.0 Å². The van der Waals surface area contributed by atoms with Crippen molar-refractivity contribution in [3.8, 4) is 10.6 Å². The molecule has 0 aromatic carbocycles. The molecule has 0 radical (unpaired) electrons. The fourth-order valence-corrected chi connectivity index (χ4v) is 3.92. The second kappa shape index (κ2) is 4.75. The number of thiophene rings is 1. The minimum atomic E-state index is 0.107. The van der Waals surface area contributed by atoms with Crippen LogP contribution in [0.25, 0.3) is 10.6 Å². The highest BCUT2D eigenvalue weighted by Gasteiger charge is 2.39. The van der Waals surface area contributed by atoms with E-state index in [1.807, 2.05) is 17.5 Å². The summed E-state index contributed by atoms with van der Waals surface area (Å²) in [7, 11) is 0. The zero-order chi connectivity index (χ0) is 12.7. The molecule has 0 unspecified atom stereocenters. The number of nitrogens with one attached hydrogen (secondary N) is 1. The largest absolute Gasteiger partial charge is 0.302 e. The van der Waals surface area contributed by atoms with Crippen LogP contribution in [-0.2, 0) is 4.79 Å². The van der Waals surface area contributed by atoms with Crippen LogP contribution in [0, 0.1) is 11.8 Å². The van der Waals surface area contributed by atoms with Crippen molar-refractivity contribution >= 4 is 49.6 Å². The number of aromatic nitrogens is 1. The molecule has 0 spiro atoms. The third-order valence-electron chi connectivity index (χ3n) is 3.01. The lowest BCUT2D eigenvalue weighted by molar-refractivity contribution is -0.117. The summed E-state index contributed by atoms with van der Waals surface area (Å²) >= 11 is 6.55. The summed E-state index contributed by atoms with van der Waals surface area (Å²) in [4.78, 5) is 17.3. The number of carbonyl (C=O) groups is 1. The van der Waals surface area contributed by atoms with E-state index < -0.39 is 0 Å². The first-order chi connectivity index (χ1) is 8.63. The summed E-state index contributed by atoms with van der Waals surface area (Å²) in [6, 6.07) is 4.03. The third-order valence-corrected chi connectivity index (χ3v) is 5.41. The third kappa shape index (κ3) is 2.50. The lowest BCUT2D eigenvalue weighted by Crippen LogP contribution is -2.14. The van der Waals surface area contributed by atoms with Gasteiger partial charge in [0.15, 0.2) is 5.13 Å². The lowest BCUT2D eigenvalue weighted by Gasteiger charge is -1.98. The van der Waals surface area contributed by atoms with Crippen LogP contribution in [0.1, 0.15) is 13.3 Å². The van der Waals surface area contributed by atoms with Crippen molar-refractivity contribution in [2.45, 2.75) is 13.3 Å². The van der Waals surface area contributed by atoms with Crippen LogP contribution in [0.3, 0.4) is 0 Å². The molecule has 6 heteroatoms. The van der Waals surface area contributed by atoms with Crippen LogP contribution in [0.2, 0.25) is 0 Å². The number of hydrogen-bond donors (Lipinski definition) is 1. The summed E-state index contributed by atoms with van der Waals surface area (Å²) in [5, 5.41) is 5.56. The van der Waals surface area contributed by atoms with Crippen molar-refractivity contribution in [2.75, 3.05) is 5.32 Å². The smallest absolute Gasteiger partial charge is 0.229 e. The molecule has 94 valence electrons. The fourth-order valence-electron chi connectivity index (χ4n) is 1.78. The van der Waals surface area contributed by atoms with Crippen LogP contribution in [0.4, 0.5) is 5.13 Å². The average Bonchev–Trinajstić information content (AvgIpc) is 2.77. The number of halogens is 1. The van der Waals surface area contributed by atoms with Crippen molar-refractivity contribution in [1.29, 1.82) is 0 Å². The van der Waals surface area contributed by atoms with E-state index in [0.717, 1.165) is 20.8 Å². The first-order valence-electron chi connectivity index (χ1n) is 5.65. The SMILES string of the molecule is C[C@H]1C[C@@H]1C(=O)Nc1nc(-c2ccc(Br)s2)cs1. The minimum Gasteiger partial charge on any atom is -0.302 e. The second-order valence-electron chi connectivity index (χ2n) is 4.45. The number of amides is 1. The zero-order valence-corrected chi connectivity index (χ0v) is 12.9. The summed E-state index contributed by atoms with van der Waals surface area (Å²) in [5.74, 6) is 0.821. The number of anilines is 1. The lowest BCUT2D eigenvalue weighted by atomic mass is 10.3. The van der Waals surface area contributed by atoms with Gasteiger partial charge in [-0.1, -0.05) is 6.92 Å². The Bertz CT molecular complexity index is 592. The van der Waals surface area contributed by atoms with Gasteiger partial charge in [-0.25, -0.2) is 4.98 Å². The van der Waals surface area contributed by atoms with Gasteiger partial charge in [0.05, 0.1) is 14.4 Å². The van der Waals surface area contributed by atoms with E-state index in [1.54, 1.807) is 11.3 Å². The molecule has 0 saturated heterocycles. The van der Waals surface area contributed by atoms with E-state index >= 15 is 0 Å². The maximum absolute atomic E-state index is 11.8. The Morgan fingerprint density at radius 3 is 2.94 bits per heavy atom. The van der Waals surface area contributed by atoms with Gasteiger partial charge in [0.1, 0.15) is 0 Å². The van der Waals surface area contributed by atoms with Crippen LogP contribution in [-0.4, -0.2) is 10.9 Å². The number of thiazole rings is 1. The molecule has 1 N–H and O–H groups in total. The Balaban J connectivity index is 1.71. The Hall–Kier alpha value is -0.720.